The average Bonchev–Trinajstić information content (AvgIpc) is 3.79. The van der Waals surface area contributed by atoms with Gasteiger partial charge in [0.2, 0.25) is 9.84 Å². The van der Waals surface area contributed by atoms with Gasteiger partial charge in [0.05, 0.1) is 14.7 Å². The molecule has 0 spiro atoms. The van der Waals surface area contributed by atoms with E-state index in [1.165, 1.54) is 11.1 Å². The summed E-state index contributed by atoms with van der Waals surface area (Å²) in [6, 6.07) is 41.2. The maximum absolute atomic E-state index is 14.9. The zero-order valence-electron chi connectivity index (χ0n) is 31.3. The summed E-state index contributed by atoms with van der Waals surface area (Å²) in [5.74, 6) is 4.41. The molecular weight excluding hydrogens is 701 g/mol. The van der Waals surface area contributed by atoms with Gasteiger partial charge >= 0.3 is 0 Å². The maximum atomic E-state index is 14.9. The minimum absolute atomic E-state index is 0.00832. The van der Waals surface area contributed by atoms with E-state index in [9.17, 15) is 12.6 Å². The molecule has 2 aliphatic heterocycles. The van der Waals surface area contributed by atoms with Gasteiger partial charge in [-0.3, -0.25) is 4.21 Å². The lowest BCUT2D eigenvalue weighted by Crippen LogP contribution is -2.16. The molecular formula is C49H40O3S2. The summed E-state index contributed by atoms with van der Waals surface area (Å²) in [6.45, 7) is 13.2. The van der Waals surface area contributed by atoms with Crippen LogP contribution in [0.2, 0.25) is 0 Å². The Morgan fingerprint density at radius 3 is 1.33 bits per heavy atom. The van der Waals surface area contributed by atoms with Crippen molar-refractivity contribution in [3.8, 4) is 0 Å². The summed E-state index contributed by atoms with van der Waals surface area (Å²) < 4.78 is 43.8. The molecule has 0 bridgehead atoms. The standard InChI is InChI=1S/C49H40O3S2/c1-48(2,3)32-20-16-28(17-21-32)42-36-24-30-27-39-37(25-31(30)26-38(36)44-34-12-8-10-14-40(34)53(7,50)46(42)44)43(29-18-22-33(23-19-29)49(4,5)6)47-45(39)35-13-9-11-15-41(35)54(47,51)52/h8-27H,7H2,1-6H3. The van der Waals surface area contributed by atoms with Crippen molar-refractivity contribution in [2.45, 2.75) is 62.2 Å². The number of fused-ring (bicyclic) bond motifs is 9. The van der Waals surface area contributed by atoms with Gasteiger partial charge in [0.25, 0.3) is 0 Å². The molecule has 5 heteroatoms. The highest BCUT2D eigenvalue weighted by Gasteiger charge is 2.43. The molecule has 6 aromatic carbocycles. The largest absolute Gasteiger partial charge is 0.258 e. The Kier molecular flexibility index (Phi) is 6.61. The second-order valence-corrected chi connectivity index (χ2v) is 21.2. The Labute approximate surface area is 317 Å². The van der Waals surface area contributed by atoms with Crippen LogP contribution in [0.5, 0.6) is 0 Å². The van der Waals surface area contributed by atoms with Gasteiger partial charge in [0, 0.05) is 42.3 Å². The molecule has 4 aliphatic rings. The van der Waals surface area contributed by atoms with Crippen molar-refractivity contribution in [3.63, 3.8) is 0 Å². The van der Waals surface area contributed by atoms with E-state index in [0.717, 1.165) is 86.7 Å². The number of rotatable bonds is 2. The molecule has 0 amide bonds. The third kappa shape index (κ3) is 4.43. The molecule has 0 fully saturated rings. The third-order valence-corrected chi connectivity index (χ3v) is 15.7. The number of allylic oxidation sites excluding steroid dienone is 2. The monoisotopic (exact) mass is 740 g/mol. The molecule has 0 saturated heterocycles. The molecule has 0 N–H and O–H groups in total. The first-order valence-corrected chi connectivity index (χ1v) is 21.7. The highest BCUT2D eigenvalue weighted by Crippen LogP contribution is 2.52. The van der Waals surface area contributed by atoms with Crippen LogP contribution in [0.25, 0.3) is 33.1 Å². The fraction of sp³-hybridized carbons (Fsp3) is 0.163. The SMILES string of the molecule is C=S1(=O)C2=C(c3ccccc31)c1cc3cc4c(cc3cc1=C2c1ccc(C(C)(C)C)cc1)C1=C(C=4c2ccc(C(C)(C)C)cc2)S(=O)(=O)c2ccccc21. The summed E-state index contributed by atoms with van der Waals surface area (Å²) in [5.41, 5.74) is 11.4. The van der Waals surface area contributed by atoms with Crippen LogP contribution < -0.4 is 10.4 Å². The summed E-state index contributed by atoms with van der Waals surface area (Å²) >= 11 is 0. The molecule has 1 atom stereocenters. The molecule has 0 aromatic heterocycles. The number of hydrogen-bond donors (Lipinski definition) is 0. The van der Waals surface area contributed by atoms with Crippen LogP contribution >= 0.6 is 0 Å². The van der Waals surface area contributed by atoms with Gasteiger partial charge < -0.3 is 0 Å². The van der Waals surface area contributed by atoms with Gasteiger partial charge in [0.15, 0.2) is 0 Å². The van der Waals surface area contributed by atoms with E-state index in [1.807, 2.05) is 30.3 Å². The van der Waals surface area contributed by atoms with Gasteiger partial charge in [-0.2, -0.15) is 0 Å². The van der Waals surface area contributed by atoms with Crippen LogP contribution in [-0.4, -0.2) is 18.5 Å². The van der Waals surface area contributed by atoms with E-state index in [-0.39, 0.29) is 10.8 Å². The van der Waals surface area contributed by atoms with E-state index in [2.05, 4.69) is 126 Å². The first kappa shape index (κ1) is 33.3. The quantitative estimate of drug-likeness (QED) is 0.167. The molecule has 10 rings (SSSR count). The summed E-state index contributed by atoms with van der Waals surface area (Å²) in [7, 11) is -6.59. The zero-order chi connectivity index (χ0) is 37.7. The van der Waals surface area contributed by atoms with Crippen molar-refractivity contribution in [2.24, 2.45) is 0 Å². The van der Waals surface area contributed by atoms with Gasteiger partial charge in [0.1, 0.15) is 0 Å². The first-order valence-electron chi connectivity index (χ1n) is 18.5. The van der Waals surface area contributed by atoms with Crippen molar-refractivity contribution >= 4 is 58.3 Å². The number of hydrogen-bond acceptors (Lipinski definition) is 3. The van der Waals surface area contributed by atoms with E-state index < -0.39 is 19.4 Å². The molecule has 54 heavy (non-hydrogen) atoms. The van der Waals surface area contributed by atoms with Crippen molar-refractivity contribution in [2.75, 3.05) is 0 Å². The fourth-order valence-electron chi connectivity index (χ4n) is 8.98. The lowest BCUT2D eigenvalue weighted by atomic mass is 9.86. The Bertz CT molecular complexity index is 2930. The van der Waals surface area contributed by atoms with Crippen molar-refractivity contribution in [3.05, 3.63) is 186 Å². The smallest absolute Gasteiger partial charge is 0.208 e. The van der Waals surface area contributed by atoms with Gasteiger partial charge in [-0.15, -0.1) is 0 Å². The Morgan fingerprint density at radius 1 is 0.444 bits per heavy atom. The molecule has 1 unspecified atom stereocenters. The summed E-state index contributed by atoms with van der Waals surface area (Å²) in [4.78, 5) is 2.33. The maximum Gasteiger partial charge on any atom is 0.208 e. The normalized spacial score (nSPS) is 19.2. The van der Waals surface area contributed by atoms with Crippen LogP contribution in [0.15, 0.2) is 141 Å². The van der Waals surface area contributed by atoms with Gasteiger partial charge in [-0.1, -0.05) is 126 Å². The summed E-state index contributed by atoms with van der Waals surface area (Å²) in [5, 5.41) is 3.94. The van der Waals surface area contributed by atoms with E-state index >= 15 is 0 Å². The molecule has 0 radical (unpaired) electrons. The first-order chi connectivity index (χ1) is 25.6. The predicted octanol–water partition coefficient (Wildman–Crippen LogP) is 9.26. The van der Waals surface area contributed by atoms with E-state index in [1.54, 1.807) is 12.1 Å². The van der Waals surface area contributed by atoms with Crippen molar-refractivity contribution < 1.29 is 12.6 Å². The van der Waals surface area contributed by atoms with E-state index in [4.69, 9.17) is 0 Å². The van der Waals surface area contributed by atoms with Gasteiger partial charge in [-0.25, -0.2) is 8.42 Å². The fourth-order valence-corrected chi connectivity index (χ4v) is 13.1. The van der Waals surface area contributed by atoms with Gasteiger partial charge in [-0.05, 0) is 113 Å². The molecule has 266 valence electrons. The lowest BCUT2D eigenvalue weighted by Gasteiger charge is -2.20. The van der Waals surface area contributed by atoms with Crippen LogP contribution in [0.1, 0.15) is 86.1 Å². The average molecular weight is 741 g/mol. The zero-order valence-corrected chi connectivity index (χ0v) is 32.9. The van der Waals surface area contributed by atoms with Crippen molar-refractivity contribution in [1.29, 1.82) is 0 Å². The highest BCUT2D eigenvalue weighted by atomic mass is 32.2. The second kappa shape index (κ2) is 10.7. The Hall–Kier alpha value is -5.23. The predicted molar refractivity (Wildman–Crippen MR) is 224 cm³/mol. The molecule has 3 nitrogen and oxygen atoms in total. The summed E-state index contributed by atoms with van der Waals surface area (Å²) in [6.07, 6.45) is 0. The van der Waals surface area contributed by atoms with E-state index in [0.29, 0.717) is 9.80 Å². The molecule has 0 saturated carbocycles. The topological polar surface area (TPSA) is 51.2 Å². The third-order valence-electron chi connectivity index (χ3n) is 11.7. The number of sulfone groups is 1. The van der Waals surface area contributed by atoms with Crippen molar-refractivity contribution in [1.82, 2.24) is 0 Å². The van der Waals surface area contributed by atoms with Crippen LogP contribution in [0.4, 0.5) is 0 Å². The minimum Gasteiger partial charge on any atom is -0.258 e. The lowest BCUT2D eigenvalue weighted by molar-refractivity contribution is 0.590. The Balaban J connectivity index is 1.30. The molecule has 6 aromatic rings. The Morgan fingerprint density at radius 2 is 0.852 bits per heavy atom. The van der Waals surface area contributed by atoms with Crippen LogP contribution in [0.3, 0.4) is 0 Å². The number of benzene rings is 6. The van der Waals surface area contributed by atoms with Crippen LogP contribution in [-0.2, 0) is 30.2 Å². The molecule has 2 heterocycles. The minimum atomic E-state index is -3.78. The molecule has 2 aliphatic carbocycles. The highest BCUT2D eigenvalue weighted by molar-refractivity contribution is 8.05. The second-order valence-electron chi connectivity index (χ2n) is 17.1. The van der Waals surface area contributed by atoms with Crippen LogP contribution in [0, 0.1) is 0 Å².